The average molecular weight is 376 g/mol. The second-order valence-corrected chi connectivity index (χ2v) is 7.88. The SMILES string of the molecule is C[C@H](NC(=O)[C@@H](C)N1CCN(Cc2cccs2)CC1)c1ccc(F)cc1. The predicted octanol–water partition coefficient (Wildman–Crippen LogP) is 3.27. The Morgan fingerprint density at radius 3 is 2.46 bits per heavy atom. The van der Waals surface area contributed by atoms with E-state index in [0.717, 1.165) is 38.3 Å². The van der Waals surface area contributed by atoms with E-state index in [1.54, 1.807) is 23.5 Å². The van der Waals surface area contributed by atoms with Crippen molar-refractivity contribution >= 4 is 17.2 Å². The van der Waals surface area contributed by atoms with Gasteiger partial charge in [-0.2, -0.15) is 0 Å². The summed E-state index contributed by atoms with van der Waals surface area (Å²) in [5.74, 6) is -0.241. The van der Waals surface area contributed by atoms with Crippen LogP contribution in [0.5, 0.6) is 0 Å². The molecule has 140 valence electrons. The molecule has 0 saturated carbocycles. The van der Waals surface area contributed by atoms with E-state index in [1.807, 2.05) is 13.8 Å². The van der Waals surface area contributed by atoms with Gasteiger partial charge in [-0.25, -0.2) is 4.39 Å². The number of nitrogens with zero attached hydrogens (tertiary/aromatic N) is 2. The first kappa shape index (κ1) is 19.0. The lowest BCUT2D eigenvalue weighted by molar-refractivity contribution is -0.127. The molecule has 26 heavy (non-hydrogen) atoms. The minimum atomic E-state index is -0.263. The van der Waals surface area contributed by atoms with E-state index in [-0.39, 0.29) is 23.8 Å². The zero-order chi connectivity index (χ0) is 18.5. The Kier molecular flexibility index (Phi) is 6.40. The summed E-state index contributed by atoms with van der Waals surface area (Å²) in [7, 11) is 0. The molecule has 1 aromatic heterocycles. The average Bonchev–Trinajstić information content (AvgIpc) is 3.15. The fourth-order valence-corrected chi connectivity index (χ4v) is 4.01. The van der Waals surface area contributed by atoms with Crippen molar-refractivity contribution in [1.29, 1.82) is 0 Å². The maximum Gasteiger partial charge on any atom is 0.237 e. The molecule has 2 heterocycles. The standard InChI is InChI=1S/C20H26FN3OS/c1-15(17-5-7-18(21)8-6-17)22-20(25)16(2)24-11-9-23(10-12-24)14-19-4-3-13-26-19/h3-8,13,15-16H,9-12,14H2,1-2H3,(H,22,25)/t15-,16+/m0/s1. The molecule has 0 unspecified atom stereocenters. The molecule has 0 spiro atoms. The van der Waals surface area contributed by atoms with E-state index in [4.69, 9.17) is 0 Å². The normalized spacial score (nSPS) is 18.4. The van der Waals surface area contributed by atoms with Gasteiger partial charge in [0.1, 0.15) is 5.82 Å². The number of thiophene rings is 1. The third kappa shape index (κ3) is 4.90. The molecule has 6 heteroatoms. The quantitative estimate of drug-likeness (QED) is 0.842. The largest absolute Gasteiger partial charge is 0.348 e. The van der Waals surface area contributed by atoms with Crippen LogP contribution in [0, 0.1) is 5.82 Å². The molecule has 1 aliphatic rings. The highest BCUT2D eigenvalue weighted by Crippen LogP contribution is 2.16. The lowest BCUT2D eigenvalue weighted by atomic mass is 10.1. The zero-order valence-electron chi connectivity index (χ0n) is 15.3. The Labute approximate surface area is 158 Å². The van der Waals surface area contributed by atoms with E-state index < -0.39 is 0 Å². The summed E-state index contributed by atoms with van der Waals surface area (Å²) < 4.78 is 13.0. The molecule has 2 atom stereocenters. The van der Waals surface area contributed by atoms with Crippen molar-refractivity contribution in [3.8, 4) is 0 Å². The number of rotatable bonds is 6. The Hall–Kier alpha value is -1.76. The van der Waals surface area contributed by atoms with E-state index in [1.165, 1.54) is 17.0 Å². The van der Waals surface area contributed by atoms with Crippen molar-refractivity contribution in [3.63, 3.8) is 0 Å². The van der Waals surface area contributed by atoms with Gasteiger partial charge in [0.15, 0.2) is 0 Å². The highest BCUT2D eigenvalue weighted by Gasteiger charge is 2.26. The number of halogens is 1. The molecule has 1 aliphatic heterocycles. The van der Waals surface area contributed by atoms with Crippen LogP contribution in [0.1, 0.15) is 30.3 Å². The molecule has 3 rings (SSSR count). The van der Waals surface area contributed by atoms with Crippen molar-refractivity contribution in [2.45, 2.75) is 32.5 Å². The monoisotopic (exact) mass is 375 g/mol. The first-order chi connectivity index (χ1) is 12.5. The van der Waals surface area contributed by atoms with Crippen LogP contribution in [-0.2, 0) is 11.3 Å². The smallest absolute Gasteiger partial charge is 0.237 e. The number of nitrogens with one attached hydrogen (secondary N) is 1. The molecule has 1 saturated heterocycles. The molecule has 1 N–H and O–H groups in total. The molecule has 0 radical (unpaired) electrons. The minimum absolute atomic E-state index is 0.0218. The van der Waals surface area contributed by atoms with Gasteiger partial charge in [-0.3, -0.25) is 14.6 Å². The van der Waals surface area contributed by atoms with Gasteiger partial charge in [-0.05, 0) is 43.0 Å². The van der Waals surface area contributed by atoms with Crippen LogP contribution in [-0.4, -0.2) is 47.9 Å². The number of hydrogen-bond acceptors (Lipinski definition) is 4. The molecule has 0 aliphatic carbocycles. The number of hydrogen-bond donors (Lipinski definition) is 1. The van der Waals surface area contributed by atoms with Crippen LogP contribution in [0.4, 0.5) is 4.39 Å². The Morgan fingerprint density at radius 2 is 1.85 bits per heavy atom. The molecule has 1 amide bonds. The van der Waals surface area contributed by atoms with Gasteiger partial charge in [0.05, 0.1) is 12.1 Å². The molecule has 4 nitrogen and oxygen atoms in total. The van der Waals surface area contributed by atoms with Gasteiger partial charge in [0.2, 0.25) is 5.91 Å². The van der Waals surface area contributed by atoms with E-state index >= 15 is 0 Å². The van der Waals surface area contributed by atoms with Gasteiger partial charge in [-0.1, -0.05) is 18.2 Å². The van der Waals surface area contributed by atoms with Crippen LogP contribution < -0.4 is 5.32 Å². The lowest BCUT2D eigenvalue weighted by Gasteiger charge is -2.37. The van der Waals surface area contributed by atoms with Crippen molar-refractivity contribution in [2.75, 3.05) is 26.2 Å². The molecule has 1 fully saturated rings. The summed E-state index contributed by atoms with van der Waals surface area (Å²) >= 11 is 1.79. The van der Waals surface area contributed by atoms with E-state index in [2.05, 4.69) is 32.6 Å². The minimum Gasteiger partial charge on any atom is -0.348 e. The van der Waals surface area contributed by atoms with Crippen molar-refractivity contribution in [3.05, 3.63) is 58.0 Å². The summed E-state index contributed by atoms with van der Waals surface area (Å²) in [5, 5.41) is 5.16. The van der Waals surface area contributed by atoms with E-state index in [0.29, 0.717) is 0 Å². The Morgan fingerprint density at radius 1 is 1.15 bits per heavy atom. The zero-order valence-corrected chi connectivity index (χ0v) is 16.1. The highest BCUT2D eigenvalue weighted by atomic mass is 32.1. The Balaban J connectivity index is 1.47. The van der Waals surface area contributed by atoms with Gasteiger partial charge in [-0.15, -0.1) is 11.3 Å². The van der Waals surface area contributed by atoms with Gasteiger partial charge < -0.3 is 5.32 Å². The molecule has 0 bridgehead atoms. The van der Waals surface area contributed by atoms with Crippen LogP contribution >= 0.6 is 11.3 Å². The first-order valence-corrected chi connectivity index (χ1v) is 9.95. The molecule has 2 aromatic rings. The second-order valence-electron chi connectivity index (χ2n) is 6.85. The lowest BCUT2D eigenvalue weighted by Crippen LogP contribution is -2.53. The summed E-state index contributed by atoms with van der Waals surface area (Å²) in [6, 6.07) is 10.2. The maximum atomic E-state index is 13.0. The third-order valence-corrected chi connectivity index (χ3v) is 5.88. The van der Waals surface area contributed by atoms with Gasteiger partial charge in [0, 0.05) is 37.6 Å². The topological polar surface area (TPSA) is 35.6 Å². The summed E-state index contributed by atoms with van der Waals surface area (Å²) in [6.45, 7) is 8.62. The Bertz CT molecular complexity index is 696. The first-order valence-electron chi connectivity index (χ1n) is 9.07. The number of carbonyl (C=O) groups is 1. The fraction of sp³-hybridized carbons (Fsp3) is 0.450. The molecular weight excluding hydrogens is 349 g/mol. The van der Waals surface area contributed by atoms with Crippen molar-refractivity contribution in [2.24, 2.45) is 0 Å². The predicted molar refractivity (Wildman–Crippen MR) is 104 cm³/mol. The number of benzene rings is 1. The second kappa shape index (κ2) is 8.75. The van der Waals surface area contributed by atoms with Crippen LogP contribution in [0.2, 0.25) is 0 Å². The molecular formula is C20H26FN3OS. The van der Waals surface area contributed by atoms with Crippen LogP contribution in [0.3, 0.4) is 0 Å². The number of piperazine rings is 1. The van der Waals surface area contributed by atoms with E-state index in [9.17, 15) is 9.18 Å². The molecule has 1 aromatic carbocycles. The number of amides is 1. The number of carbonyl (C=O) groups excluding carboxylic acids is 1. The summed E-state index contributed by atoms with van der Waals surface area (Å²) in [5.41, 5.74) is 0.910. The van der Waals surface area contributed by atoms with Crippen LogP contribution in [0.15, 0.2) is 41.8 Å². The maximum absolute atomic E-state index is 13.0. The van der Waals surface area contributed by atoms with Gasteiger partial charge >= 0.3 is 0 Å². The summed E-state index contributed by atoms with van der Waals surface area (Å²) in [6.07, 6.45) is 0. The fourth-order valence-electron chi connectivity index (χ4n) is 3.27. The highest BCUT2D eigenvalue weighted by molar-refractivity contribution is 7.09. The van der Waals surface area contributed by atoms with Crippen LogP contribution in [0.25, 0.3) is 0 Å². The third-order valence-electron chi connectivity index (χ3n) is 5.02. The van der Waals surface area contributed by atoms with Gasteiger partial charge in [0.25, 0.3) is 0 Å². The van der Waals surface area contributed by atoms with Crippen molar-refractivity contribution < 1.29 is 9.18 Å². The van der Waals surface area contributed by atoms with Crippen molar-refractivity contribution in [1.82, 2.24) is 15.1 Å². The summed E-state index contributed by atoms with van der Waals surface area (Å²) in [4.78, 5) is 18.7.